The quantitative estimate of drug-likeness (QED) is 0.459. The predicted molar refractivity (Wildman–Crippen MR) is 97.4 cm³/mol. The van der Waals surface area contributed by atoms with Crippen molar-refractivity contribution in [2.75, 3.05) is 0 Å². The van der Waals surface area contributed by atoms with Crippen LogP contribution in [0, 0.1) is 13.8 Å². The van der Waals surface area contributed by atoms with Crippen LogP contribution in [0.3, 0.4) is 0 Å². The van der Waals surface area contributed by atoms with Gasteiger partial charge in [-0.2, -0.15) is 5.10 Å². The summed E-state index contributed by atoms with van der Waals surface area (Å²) in [4.78, 5) is 24.4. The van der Waals surface area contributed by atoms with Gasteiger partial charge >= 0.3 is 5.97 Å². The van der Waals surface area contributed by atoms with Crippen LogP contribution >= 0.6 is 0 Å². The molecule has 0 amide bonds. The summed E-state index contributed by atoms with van der Waals surface area (Å²) in [5, 5.41) is 4.29. The van der Waals surface area contributed by atoms with E-state index in [1.54, 1.807) is 29.8 Å². The Morgan fingerprint density at radius 3 is 2.40 bits per heavy atom. The molecule has 2 rings (SSSR count). The number of aromatic nitrogens is 2. The average Bonchev–Trinajstić information content (AvgIpc) is 2.84. The molecular weight excluding hydrogens is 316 g/mol. The van der Waals surface area contributed by atoms with Gasteiger partial charge in [0.15, 0.2) is 6.10 Å². The topological polar surface area (TPSA) is 61.2 Å². The third-order valence-electron chi connectivity index (χ3n) is 4.26. The standard InChI is InChI=1S/C20H24N2O3/c1-6-16-7-9-17(10-8-16)20(24)15(4)25-19(23)12-11-18-13(2)21-22(5)14(18)3/h7-12,15H,6H2,1-5H3/b12-11+/t15-/m0/s1. The van der Waals surface area contributed by atoms with Crippen LogP contribution in [0.5, 0.6) is 0 Å². The van der Waals surface area contributed by atoms with Gasteiger partial charge in [0, 0.05) is 29.9 Å². The van der Waals surface area contributed by atoms with Gasteiger partial charge in [-0.15, -0.1) is 0 Å². The summed E-state index contributed by atoms with van der Waals surface area (Å²) in [5.41, 5.74) is 4.38. The predicted octanol–water partition coefficient (Wildman–Crippen LogP) is 3.43. The van der Waals surface area contributed by atoms with Crippen molar-refractivity contribution >= 4 is 17.8 Å². The SMILES string of the molecule is CCc1ccc(C(=O)[C@H](C)OC(=O)/C=C/c2c(C)nn(C)c2C)cc1. The summed E-state index contributed by atoms with van der Waals surface area (Å²) in [6.45, 7) is 7.45. The second-order valence-electron chi connectivity index (χ2n) is 6.04. The highest BCUT2D eigenvalue weighted by Gasteiger charge is 2.18. The maximum atomic E-state index is 12.4. The van der Waals surface area contributed by atoms with Crippen LogP contribution in [-0.4, -0.2) is 27.6 Å². The molecule has 1 aromatic carbocycles. The van der Waals surface area contributed by atoms with Gasteiger partial charge in [0.1, 0.15) is 0 Å². The molecule has 1 atom stereocenters. The van der Waals surface area contributed by atoms with Gasteiger partial charge in [0.25, 0.3) is 0 Å². The molecule has 0 spiro atoms. The zero-order valence-corrected chi connectivity index (χ0v) is 15.4. The smallest absolute Gasteiger partial charge is 0.331 e. The molecule has 0 unspecified atom stereocenters. The number of ketones is 1. The largest absolute Gasteiger partial charge is 0.451 e. The number of ether oxygens (including phenoxy) is 1. The van der Waals surface area contributed by atoms with Crippen LogP contribution in [0.25, 0.3) is 6.08 Å². The van der Waals surface area contributed by atoms with E-state index in [2.05, 4.69) is 12.0 Å². The lowest BCUT2D eigenvalue weighted by atomic mass is 10.0. The second kappa shape index (κ2) is 7.92. The summed E-state index contributed by atoms with van der Waals surface area (Å²) in [6.07, 6.45) is 3.09. The zero-order valence-electron chi connectivity index (χ0n) is 15.4. The van der Waals surface area contributed by atoms with E-state index in [1.165, 1.54) is 6.08 Å². The van der Waals surface area contributed by atoms with Crippen molar-refractivity contribution in [3.8, 4) is 0 Å². The summed E-state index contributed by atoms with van der Waals surface area (Å²) >= 11 is 0. The van der Waals surface area contributed by atoms with Crippen molar-refractivity contribution in [1.29, 1.82) is 0 Å². The minimum Gasteiger partial charge on any atom is -0.451 e. The Hall–Kier alpha value is -2.69. The van der Waals surface area contributed by atoms with E-state index in [0.717, 1.165) is 28.9 Å². The molecule has 0 saturated carbocycles. The van der Waals surface area contributed by atoms with Crippen LogP contribution in [0.2, 0.25) is 0 Å². The molecule has 0 aliphatic heterocycles. The molecule has 0 fully saturated rings. The number of nitrogens with zero attached hydrogens (tertiary/aromatic N) is 2. The Balaban J connectivity index is 2.01. The lowest BCUT2D eigenvalue weighted by Crippen LogP contribution is -2.23. The van der Waals surface area contributed by atoms with Crippen LogP contribution in [0.1, 0.15) is 46.7 Å². The maximum absolute atomic E-state index is 12.4. The number of rotatable bonds is 6. The Kier molecular flexibility index (Phi) is 5.91. The summed E-state index contributed by atoms with van der Waals surface area (Å²) in [5.74, 6) is -0.758. The van der Waals surface area contributed by atoms with E-state index < -0.39 is 12.1 Å². The lowest BCUT2D eigenvalue weighted by Gasteiger charge is -2.11. The van der Waals surface area contributed by atoms with E-state index in [4.69, 9.17) is 4.74 Å². The first kappa shape index (κ1) is 18.6. The van der Waals surface area contributed by atoms with Crippen molar-refractivity contribution in [3.05, 3.63) is 58.4 Å². The van der Waals surface area contributed by atoms with Crippen molar-refractivity contribution in [2.24, 2.45) is 7.05 Å². The molecule has 0 aliphatic carbocycles. The van der Waals surface area contributed by atoms with Crippen molar-refractivity contribution in [2.45, 2.75) is 40.2 Å². The number of Topliss-reactive ketones (excluding diaryl/α,β-unsaturated/α-hetero) is 1. The summed E-state index contributed by atoms with van der Waals surface area (Å²) in [6, 6.07) is 7.36. The van der Waals surface area contributed by atoms with E-state index in [-0.39, 0.29) is 5.78 Å². The summed E-state index contributed by atoms with van der Waals surface area (Å²) in [7, 11) is 1.85. The minimum atomic E-state index is -0.833. The van der Waals surface area contributed by atoms with Gasteiger partial charge in [-0.05, 0) is 38.8 Å². The van der Waals surface area contributed by atoms with Gasteiger partial charge in [-0.1, -0.05) is 31.2 Å². The first-order chi connectivity index (χ1) is 11.8. The molecule has 1 aromatic heterocycles. The Morgan fingerprint density at radius 1 is 1.24 bits per heavy atom. The Bertz CT molecular complexity index is 801. The van der Waals surface area contributed by atoms with E-state index in [9.17, 15) is 9.59 Å². The summed E-state index contributed by atoms with van der Waals surface area (Å²) < 4.78 is 6.99. The fourth-order valence-electron chi connectivity index (χ4n) is 2.59. The molecule has 5 nitrogen and oxygen atoms in total. The number of carbonyl (C=O) groups is 2. The maximum Gasteiger partial charge on any atom is 0.331 e. The molecule has 0 N–H and O–H groups in total. The third-order valence-corrected chi connectivity index (χ3v) is 4.26. The number of hydrogen-bond donors (Lipinski definition) is 0. The number of benzene rings is 1. The Labute approximate surface area is 148 Å². The molecule has 0 radical (unpaired) electrons. The van der Waals surface area contributed by atoms with Crippen LogP contribution in [0.15, 0.2) is 30.3 Å². The van der Waals surface area contributed by atoms with Crippen LogP contribution in [-0.2, 0) is 23.0 Å². The van der Waals surface area contributed by atoms with Gasteiger partial charge in [0.05, 0.1) is 5.69 Å². The van der Waals surface area contributed by atoms with Crippen LogP contribution in [0.4, 0.5) is 0 Å². The molecular formula is C20H24N2O3. The molecule has 0 bridgehead atoms. The number of carbonyl (C=O) groups excluding carboxylic acids is 2. The third kappa shape index (κ3) is 4.44. The molecule has 2 aromatic rings. The highest BCUT2D eigenvalue weighted by molar-refractivity contribution is 6.01. The fourth-order valence-corrected chi connectivity index (χ4v) is 2.59. The molecule has 25 heavy (non-hydrogen) atoms. The average molecular weight is 340 g/mol. The number of aryl methyl sites for hydroxylation is 3. The highest BCUT2D eigenvalue weighted by atomic mass is 16.5. The molecule has 132 valence electrons. The Morgan fingerprint density at radius 2 is 1.88 bits per heavy atom. The van der Waals surface area contributed by atoms with Crippen molar-refractivity contribution in [1.82, 2.24) is 9.78 Å². The van der Waals surface area contributed by atoms with Gasteiger partial charge in [0.2, 0.25) is 5.78 Å². The highest BCUT2D eigenvalue weighted by Crippen LogP contribution is 2.14. The first-order valence-corrected chi connectivity index (χ1v) is 8.35. The normalized spacial score (nSPS) is 12.4. The molecule has 0 aliphatic rings. The number of hydrogen-bond acceptors (Lipinski definition) is 4. The molecule has 5 heteroatoms. The van der Waals surface area contributed by atoms with E-state index >= 15 is 0 Å². The fraction of sp³-hybridized carbons (Fsp3) is 0.350. The van der Waals surface area contributed by atoms with Crippen LogP contribution < -0.4 is 0 Å². The molecule has 0 saturated heterocycles. The lowest BCUT2D eigenvalue weighted by molar-refractivity contribution is -0.140. The van der Waals surface area contributed by atoms with E-state index in [1.807, 2.05) is 33.0 Å². The molecule has 1 heterocycles. The van der Waals surface area contributed by atoms with Crippen molar-refractivity contribution in [3.63, 3.8) is 0 Å². The minimum absolute atomic E-state index is 0.210. The number of esters is 1. The zero-order chi connectivity index (χ0) is 18.6. The van der Waals surface area contributed by atoms with E-state index in [0.29, 0.717) is 5.56 Å². The van der Waals surface area contributed by atoms with Crippen molar-refractivity contribution < 1.29 is 14.3 Å². The second-order valence-corrected chi connectivity index (χ2v) is 6.04. The monoisotopic (exact) mass is 340 g/mol. The first-order valence-electron chi connectivity index (χ1n) is 8.35. The van der Waals surface area contributed by atoms with Gasteiger partial charge in [-0.3, -0.25) is 9.48 Å². The van der Waals surface area contributed by atoms with Gasteiger partial charge in [-0.25, -0.2) is 4.79 Å². The van der Waals surface area contributed by atoms with Gasteiger partial charge < -0.3 is 4.74 Å².